The summed E-state index contributed by atoms with van der Waals surface area (Å²) >= 11 is 0. The van der Waals surface area contributed by atoms with Crippen molar-refractivity contribution in [1.29, 1.82) is 0 Å². The molecule has 0 spiro atoms. The van der Waals surface area contributed by atoms with Crippen molar-refractivity contribution >= 4 is 20.9 Å². The Labute approximate surface area is 113 Å². The summed E-state index contributed by atoms with van der Waals surface area (Å²) in [4.78, 5) is 4.68. The predicted octanol–water partition coefficient (Wildman–Crippen LogP) is 2.33. The molecule has 1 aromatic heterocycles. The average Bonchev–Trinajstić information content (AvgIpc) is 2.94. The normalized spacial score (nSPS) is 17.1. The minimum Gasteiger partial charge on any atom is -0.256 e. The van der Waals surface area contributed by atoms with Gasteiger partial charge >= 0.3 is 0 Å². The molecule has 0 amide bonds. The van der Waals surface area contributed by atoms with Crippen molar-refractivity contribution in [3.05, 3.63) is 36.0 Å². The Bertz CT molecular complexity index is 719. The predicted molar refractivity (Wildman–Crippen MR) is 74.5 cm³/mol. The molecule has 19 heavy (non-hydrogen) atoms. The third kappa shape index (κ3) is 2.03. The second-order valence-corrected chi connectivity index (χ2v) is 6.80. The molecule has 4 nitrogen and oxygen atoms in total. The summed E-state index contributed by atoms with van der Waals surface area (Å²) in [5.74, 6) is 0. The molecule has 0 aliphatic carbocycles. The number of nitrogens with zero attached hydrogens (tertiary/aromatic N) is 2. The van der Waals surface area contributed by atoms with Crippen LogP contribution in [0.4, 0.5) is 0 Å². The SMILES string of the molecule is Cc1ccc(S(=O)(=O)N2CCCC2)c2cccnc12. The molecule has 1 aliphatic heterocycles. The van der Waals surface area contributed by atoms with Crippen LogP contribution in [0.1, 0.15) is 18.4 Å². The summed E-state index contributed by atoms with van der Waals surface area (Å²) in [6, 6.07) is 7.15. The fraction of sp³-hybridized carbons (Fsp3) is 0.357. The second kappa shape index (κ2) is 4.58. The zero-order valence-electron chi connectivity index (χ0n) is 10.8. The Morgan fingerprint density at radius 3 is 2.63 bits per heavy atom. The van der Waals surface area contributed by atoms with Gasteiger partial charge in [0.05, 0.1) is 10.4 Å². The topological polar surface area (TPSA) is 50.3 Å². The van der Waals surface area contributed by atoms with E-state index in [0.29, 0.717) is 18.0 Å². The van der Waals surface area contributed by atoms with Crippen LogP contribution in [-0.2, 0) is 10.0 Å². The number of hydrogen-bond acceptors (Lipinski definition) is 3. The lowest BCUT2D eigenvalue weighted by Gasteiger charge is -2.17. The van der Waals surface area contributed by atoms with E-state index < -0.39 is 10.0 Å². The van der Waals surface area contributed by atoms with Gasteiger partial charge in [0.2, 0.25) is 10.0 Å². The average molecular weight is 276 g/mol. The maximum absolute atomic E-state index is 12.7. The lowest BCUT2D eigenvalue weighted by molar-refractivity contribution is 0.478. The molecule has 1 aromatic carbocycles. The lowest BCUT2D eigenvalue weighted by Crippen LogP contribution is -2.28. The monoisotopic (exact) mass is 276 g/mol. The molecule has 0 saturated carbocycles. The van der Waals surface area contributed by atoms with Gasteiger partial charge in [0, 0.05) is 24.7 Å². The van der Waals surface area contributed by atoms with Crippen molar-refractivity contribution in [3.8, 4) is 0 Å². The van der Waals surface area contributed by atoms with Crippen LogP contribution in [0.5, 0.6) is 0 Å². The van der Waals surface area contributed by atoms with E-state index in [0.717, 1.165) is 29.3 Å². The third-order valence-corrected chi connectivity index (χ3v) is 5.57. The smallest absolute Gasteiger partial charge is 0.243 e. The third-order valence-electron chi connectivity index (χ3n) is 3.61. The van der Waals surface area contributed by atoms with Crippen molar-refractivity contribution in [2.75, 3.05) is 13.1 Å². The van der Waals surface area contributed by atoms with E-state index in [9.17, 15) is 8.42 Å². The van der Waals surface area contributed by atoms with E-state index in [1.165, 1.54) is 0 Å². The molecular weight excluding hydrogens is 260 g/mol. The molecule has 3 rings (SSSR count). The number of pyridine rings is 1. The van der Waals surface area contributed by atoms with Gasteiger partial charge in [-0.05, 0) is 43.5 Å². The number of fused-ring (bicyclic) bond motifs is 1. The molecule has 1 saturated heterocycles. The molecule has 0 atom stereocenters. The van der Waals surface area contributed by atoms with Gasteiger partial charge in [-0.2, -0.15) is 4.31 Å². The highest BCUT2D eigenvalue weighted by atomic mass is 32.2. The number of aromatic nitrogens is 1. The molecule has 2 aromatic rings. The van der Waals surface area contributed by atoms with E-state index in [1.54, 1.807) is 22.6 Å². The maximum Gasteiger partial charge on any atom is 0.243 e. The van der Waals surface area contributed by atoms with Crippen molar-refractivity contribution in [1.82, 2.24) is 9.29 Å². The van der Waals surface area contributed by atoms with Crippen molar-refractivity contribution < 1.29 is 8.42 Å². The van der Waals surface area contributed by atoms with Gasteiger partial charge in [0.1, 0.15) is 0 Å². The minimum atomic E-state index is -3.39. The quantitative estimate of drug-likeness (QED) is 0.846. The molecule has 1 fully saturated rings. The zero-order valence-corrected chi connectivity index (χ0v) is 11.7. The van der Waals surface area contributed by atoms with Crippen LogP contribution in [0.15, 0.2) is 35.4 Å². The van der Waals surface area contributed by atoms with E-state index in [1.807, 2.05) is 19.1 Å². The Balaban J connectivity index is 2.23. The fourth-order valence-corrected chi connectivity index (χ4v) is 4.28. The molecule has 100 valence electrons. The van der Waals surface area contributed by atoms with Gasteiger partial charge in [0.25, 0.3) is 0 Å². The van der Waals surface area contributed by atoms with Crippen LogP contribution in [0.25, 0.3) is 10.9 Å². The molecular formula is C14H16N2O2S. The fourth-order valence-electron chi connectivity index (χ4n) is 2.58. The summed E-state index contributed by atoms with van der Waals surface area (Å²) in [5.41, 5.74) is 1.76. The Hall–Kier alpha value is -1.46. The van der Waals surface area contributed by atoms with Crippen molar-refractivity contribution in [2.45, 2.75) is 24.7 Å². The first-order valence-electron chi connectivity index (χ1n) is 6.45. The van der Waals surface area contributed by atoms with Crippen LogP contribution in [0.3, 0.4) is 0 Å². The Morgan fingerprint density at radius 1 is 1.16 bits per heavy atom. The highest BCUT2D eigenvalue weighted by molar-refractivity contribution is 7.89. The van der Waals surface area contributed by atoms with Gasteiger partial charge < -0.3 is 0 Å². The summed E-state index contributed by atoms with van der Waals surface area (Å²) in [6.07, 6.45) is 3.59. The first-order chi connectivity index (χ1) is 9.10. The van der Waals surface area contributed by atoms with E-state index in [-0.39, 0.29) is 0 Å². The van der Waals surface area contributed by atoms with Crippen LogP contribution in [0, 0.1) is 6.92 Å². The summed E-state index contributed by atoms with van der Waals surface area (Å²) in [7, 11) is -3.39. The van der Waals surface area contributed by atoms with Crippen molar-refractivity contribution in [3.63, 3.8) is 0 Å². The van der Waals surface area contributed by atoms with E-state index in [4.69, 9.17) is 0 Å². The van der Waals surface area contributed by atoms with E-state index >= 15 is 0 Å². The van der Waals surface area contributed by atoms with Gasteiger partial charge in [-0.3, -0.25) is 4.98 Å². The van der Waals surface area contributed by atoms with Gasteiger partial charge in [-0.25, -0.2) is 8.42 Å². The van der Waals surface area contributed by atoms with Crippen LogP contribution in [0.2, 0.25) is 0 Å². The molecule has 2 heterocycles. The van der Waals surface area contributed by atoms with E-state index in [2.05, 4.69) is 4.98 Å². The second-order valence-electron chi connectivity index (χ2n) is 4.89. The number of sulfonamides is 1. The maximum atomic E-state index is 12.7. The molecule has 0 N–H and O–H groups in total. The largest absolute Gasteiger partial charge is 0.256 e. The van der Waals surface area contributed by atoms with Crippen molar-refractivity contribution in [2.24, 2.45) is 0 Å². The lowest BCUT2D eigenvalue weighted by atomic mass is 10.1. The molecule has 1 aliphatic rings. The summed E-state index contributed by atoms with van der Waals surface area (Å²) < 4.78 is 26.9. The number of rotatable bonds is 2. The summed E-state index contributed by atoms with van der Waals surface area (Å²) in [6.45, 7) is 3.19. The first-order valence-corrected chi connectivity index (χ1v) is 7.89. The Morgan fingerprint density at radius 2 is 1.89 bits per heavy atom. The van der Waals surface area contributed by atoms with Gasteiger partial charge in [-0.15, -0.1) is 0 Å². The molecule has 0 unspecified atom stereocenters. The minimum absolute atomic E-state index is 0.378. The number of aryl methyl sites for hydroxylation is 1. The zero-order chi connectivity index (χ0) is 13.5. The standard InChI is InChI=1S/C14H16N2O2S/c1-11-6-7-13(12-5-4-8-15-14(11)12)19(17,18)16-9-2-3-10-16/h4-8H,2-3,9-10H2,1H3. The Kier molecular flexibility index (Phi) is 3.03. The summed E-state index contributed by atoms with van der Waals surface area (Å²) in [5, 5.41) is 0.717. The highest BCUT2D eigenvalue weighted by Crippen LogP contribution is 2.28. The highest BCUT2D eigenvalue weighted by Gasteiger charge is 2.28. The van der Waals surface area contributed by atoms with Crippen LogP contribution in [-0.4, -0.2) is 30.8 Å². The van der Waals surface area contributed by atoms with Gasteiger partial charge in [0.15, 0.2) is 0 Å². The van der Waals surface area contributed by atoms with Crippen LogP contribution < -0.4 is 0 Å². The molecule has 0 bridgehead atoms. The number of benzene rings is 1. The first kappa shape index (κ1) is 12.6. The molecule has 5 heteroatoms. The number of hydrogen-bond donors (Lipinski definition) is 0. The van der Waals surface area contributed by atoms with Crippen LogP contribution >= 0.6 is 0 Å². The molecule has 0 radical (unpaired) electrons. The van der Waals surface area contributed by atoms with Gasteiger partial charge in [-0.1, -0.05) is 6.07 Å².